The second kappa shape index (κ2) is 5.84. The molecule has 2 aliphatic heterocycles. The van der Waals surface area contributed by atoms with Crippen molar-refractivity contribution in [3.63, 3.8) is 0 Å². The fourth-order valence-electron chi connectivity index (χ4n) is 3.80. The molecule has 0 unspecified atom stereocenters. The molecule has 1 atom stereocenters. The lowest BCUT2D eigenvalue weighted by Gasteiger charge is -2.39. The zero-order chi connectivity index (χ0) is 17.4. The highest BCUT2D eigenvalue weighted by atomic mass is 16.2. The second-order valence-electron chi connectivity index (χ2n) is 6.53. The van der Waals surface area contributed by atoms with Crippen LogP contribution in [-0.4, -0.2) is 39.4 Å². The molecule has 1 aromatic carbocycles. The van der Waals surface area contributed by atoms with Gasteiger partial charge in [-0.3, -0.25) is 14.2 Å². The molecule has 1 aromatic heterocycles. The van der Waals surface area contributed by atoms with Gasteiger partial charge < -0.3 is 10.2 Å². The summed E-state index contributed by atoms with van der Waals surface area (Å²) in [5.41, 5.74) is 0.637. The van der Waals surface area contributed by atoms with Gasteiger partial charge in [0.05, 0.1) is 5.41 Å². The third-order valence-corrected chi connectivity index (χ3v) is 5.06. The predicted octanol–water partition coefficient (Wildman–Crippen LogP) is 0.756. The first-order chi connectivity index (χ1) is 12.1. The van der Waals surface area contributed by atoms with Gasteiger partial charge in [0.15, 0.2) is 0 Å². The lowest BCUT2D eigenvalue weighted by atomic mass is 9.75. The Balaban J connectivity index is 1.59. The molecule has 3 heterocycles. The summed E-state index contributed by atoms with van der Waals surface area (Å²) in [6.45, 7) is 0.862. The van der Waals surface area contributed by atoms with Crippen LogP contribution in [0.1, 0.15) is 18.4 Å². The molecule has 0 bridgehead atoms. The van der Waals surface area contributed by atoms with E-state index in [0.29, 0.717) is 19.5 Å². The van der Waals surface area contributed by atoms with Crippen molar-refractivity contribution in [3.05, 3.63) is 58.8 Å². The monoisotopic (exact) mass is 338 g/mol. The molecule has 0 saturated carbocycles. The van der Waals surface area contributed by atoms with E-state index in [1.54, 1.807) is 17.2 Å². The maximum atomic E-state index is 12.7. The standard InChI is InChI=1S/C18H18N4O3/c23-15(11-21-10-4-8-19-17(21)25)22-9-3-7-18(12-22)13-5-1-2-6-14(13)20-16(18)24/h1-2,4-6,8,10H,3,7,9,11-12H2,(H,20,24)/t18-/m0/s1. The van der Waals surface area contributed by atoms with Crippen molar-refractivity contribution in [1.82, 2.24) is 14.5 Å². The Morgan fingerprint density at radius 2 is 2.08 bits per heavy atom. The Hall–Kier alpha value is -2.96. The first-order valence-electron chi connectivity index (χ1n) is 8.30. The van der Waals surface area contributed by atoms with Gasteiger partial charge in [-0.25, -0.2) is 9.78 Å². The van der Waals surface area contributed by atoms with Crippen LogP contribution in [0.2, 0.25) is 0 Å². The third kappa shape index (κ3) is 2.52. The van der Waals surface area contributed by atoms with E-state index in [1.807, 2.05) is 24.3 Å². The minimum absolute atomic E-state index is 0.0512. The van der Waals surface area contributed by atoms with E-state index in [-0.39, 0.29) is 18.4 Å². The number of likely N-dealkylation sites (tertiary alicyclic amines) is 1. The SMILES string of the molecule is O=C(Cn1cccnc1=O)N1CCC[C@@]2(C1)C(=O)Nc1ccccc12. The summed E-state index contributed by atoms with van der Waals surface area (Å²) in [6.07, 6.45) is 4.41. The van der Waals surface area contributed by atoms with Gasteiger partial charge in [0.2, 0.25) is 11.8 Å². The van der Waals surface area contributed by atoms with Crippen molar-refractivity contribution in [3.8, 4) is 0 Å². The van der Waals surface area contributed by atoms with Crippen molar-refractivity contribution in [2.45, 2.75) is 24.8 Å². The summed E-state index contributed by atoms with van der Waals surface area (Å²) in [6, 6.07) is 9.26. The molecule has 0 aliphatic carbocycles. The number of para-hydroxylation sites is 1. The summed E-state index contributed by atoms with van der Waals surface area (Å²) >= 11 is 0. The van der Waals surface area contributed by atoms with E-state index in [0.717, 1.165) is 17.7 Å². The van der Waals surface area contributed by atoms with Crippen molar-refractivity contribution >= 4 is 17.5 Å². The fraction of sp³-hybridized carbons (Fsp3) is 0.333. The molecule has 7 nitrogen and oxygen atoms in total. The molecule has 2 aliphatic rings. The molecular weight excluding hydrogens is 320 g/mol. The van der Waals surface area contributed by atoms with Gasteiger partial charge in [-0.15, -0.1) is 0 Å². The summed E-state index contributed by atoms with van der Waals surface area (Å²) in [7, 11) is 0. The molecule has 4 rings (SSSR count). The smallest absolute Gasteiger partial charge is 0.340 e. The van der Waals surface area contributed by atoms with Crippen LogP contribution in [0, 0.1) is 0 Å². The first kappa shape index (κ1) is 15.6. The van der Waals surface area contributed by atoms with Crippen molar-refractivity contribution in [1.29, 1.82) is 0 Å². The molecule has 1 saturated heterocycles. The topological polar surface area (TPSA) is 84.3 Å². The number of hydrogen-bond donors (Lipinski definition) is 1. The number of nitrogens with zero attached hydrogens (tertiary/aromatic N) is 3. The number of aromatic nitrogens is 2. The number of anilines is 1. The summed E-state index contributed by atoms with van der Waals surface area (Å²) in [5.74, 6) is -0.226. The van der Waals surface area contributed by atoms with Crippen molar-refractivity contribution in [2.75, 3.05) is 18.4 Å². The molecule has 128 valence electrons. The number of piperidine rings is 1. The number of nitrogens with one attached hydrogen (secondary N) is 1. The highest BCUT2D eigenvalue weighted by Gasteiger charge is 2.49. The summed E-state index contributed by atoms with van der Waals surface area (Å²) < 4.78 is 1.28. The van der Waals surface area contributed by atoms with E-state index in [4.69, 9.17) is 0 Å². The third-order valence-electron chi connectivity index (χ3n) is 5.06. The van der Waals surface area contributed by atoms with Crippen LogP contribution in [0.4, 0.5) is 5.69 Å². The van der Waals surface area contributed by atoms with E-state index >= 15 is 0 Å². The lowest BCUT2D eigenvalue weighted by Crippen LogP contribution is -2.52. The Morgan fingerprint density at radius 1 is 1.24 bits per heavy atom. The number of carbonyl (C=O) groups excluding carboxylic acids is 2. The predicted molar refractivity (Wildman–Crippen MR) is 91.1 cm³/mol. The number of carbonyl (C=O) groups is 2. The van der Waals surface area contributed by atoms with Crippen molar-refractivity contribution in [2.24, 2.45) is 0 Å². The fourth-order valence-corrected chi connectivity index (χ4v) is 3.80. The molecule has 1 fully saturated rings. The zero-order valence-corrected chi connectivity index (χ0v) is 13.6. The Kier molecular flexibility index (Phi) is 3.63. The highest BCUT2D eigenvalue weighted by Crippen LogP contribution is 2.43. The van der Waals surface area contributed by atoms with Gasteiger partial charge in [-0.05, 0) is 30.5 Å². The second-order valence-corrected chi connectivity index (χ2v) is 6.53. The number of benzene rings is 1. The lowest BCUT2D eigenvalue weighted by molar-refractivity contribution is -0.136. The molecule has 25 heavy (non-hydrogen) atoms. The van der Waals surface area contributed by atoms with Crippen LogP contribution >= 0.6 is 0 Å². The minimum atomic E-state index is -0.690. The van der Waals surface area contributed by atoms with Gasteiger partial charge in [0.25, 0.3) is 0 Å². The molecular formula is C18H18N4O3. The van der Waals surface area contributed by atoms with E-state index in [1.165, 1.54) is 10.8 Å². The number of hydrogen-bond acceptors (Lipinski definition) is 4. The summed E-state index contributed by atoms with van der Waals surface area (Å²) in [5, 5.41) is 2.93. The van der Waals surface area contributed by atoms with Crippen LogP contribution < -0.4 is 11.0 Å². The molecule has 7 heteroatoms. The van der Waals surface area contributed by atoms with E-state index < -0.39 is 11.1 Å². The highest BCUT2D eigenvalue weighted by molar-refractivity contribution is 6.06. The maximum absolute atomic E-state index is 12.7. The Morgan fingerprint density at radius 3 is 2.92 bits per heavy atom. The van der Waals surface area contributed by atoms with Gasteiger partial charge in [-0.2, -0.15) is 0 Å². The van der Waals surface area contributed by atoms with Gasteiger partial charge in [0.1, 0.15) is 6.54 Å². The Labute approximate surface area is 144 Å². The quantitative estimate of drug-likeness (QED) is 0.876. The molecule has 1 spiro atoms. The average molecular weight is 338 g/mol. The Bertz CT molecular complexity index is 907. The number of rotatable bonds is 2. The van der Waals surface area contributed by atoms with Crippen LogP contribution in [0.3, 0.4) is 0 Å². The molecule has 0 radical (unpaired) electrons. The molecule has 1 N–H and O–H groups in total. The van der Waals surface area contributed by atoms with E-state index in [9.17, 15) is 14.4 Å². The molecule has 2 aromatic rings. The minimum Gasteiger partial charge on any atom is -0.340 e. The van der Waals surface area contributed by atoms with Crippen LogP contribution in [0.25, 0.3) is 0 Å². The van der Waals surface area contributed by atoms with Crippen LogP contribution in [0.5, 0.6) is 0 Å². The number of fused-ring (bicyclic) bond motifs is 2. The molecule has 2 amide bonds. The van der Waals surface area contributed by atoms with Gasteiger partial charge in [-0.1, -0.05) is 18.2 Å². The van der Waals surface area contributed by atoms with Gasteiger partial charge >= 0.3 is 5.69 Å². The number of amides is 2. The summed E-state index contributed by atoms with van der Waals surface area (Å²) in [4.78, 5) is 42.4. The van der Waals surface area contributed by atoms with Gasteiger partial charge in [0, 0.05) is 31.2 Å². The normalized spacial score (nSPS) is 21.9. The average Bonchev–Trinajstić information content (AvgIpc) is 2.89. The van der Waals surface area contributed by atoms with Crippen LogP contribution in [0.15, 0.2) is 47.5 Å². The zero-order valence-electron chi connectivity index (χ0n) is 13.6. The largest absolute Gasteiger partial charge is 0.347 e. The maximum Gasteiger partial charge on any atom is 0.347 e. The van der Waals surface area contributed by atoms with E-state index in [2.05, 4.69) is 10.3 Å². The first-order valence-corrected chi connectivity index (χ1v) is 8.30. The van der Waals surface area contributed by atoms with Crippen molar-refractivity contribution < 1.29 is 9.59 Å². The van der Waals surface area contributed by atoms with Crippen LogP contribution in [-0.2, 0) is 21.5 Å².